The van der Waals surface area contributed by atoms with E-state index in [0.717, 1.165) is 12.5 Å². The van der Waals surface area contributed by atoms with Crippen molar-refractivity contribution in [3.8, 4) is 5.75 Å². The molecule has 1 saturated heterocycles. The summed E-state index contributed by atoms with van der Waals surface area (Å²) in [7, 11) is 3.29. The van der Waals surface area contributed by atoms with E-state index in [0.29, 0.717) is 25.5 Å². The standard InChI is InChI=1S/C29H37F2N5O6/c1-7-8-13-41-24-22-26(39)33(5)29(11-12-35(17-29)27(40)42-28(2,3)4)34(6)36(22)16-20(23(24)37)25(38)32-15-18-9-10-19(30)14-21(18)31/h9-10,14,16H,7-8,11-13,15,17H2,1-6H3,(H,32,38). The Bertz CT molecular complexity index is 1460. The number of fused-ring (bicyclic) bond motifs is 1. The van der Waals surface area contributed by atoms with E-state index in [1.165, 1.54) is 26.7 Å². The van der Waals surface area contributed by atoms with E-state index in [2.05, 4.69) is 5.32 Å². The number of nitrogens with zero attached hydrogens (tertiary/aromatic N) is 4. The van der Waals surface area contributed by atoms with Gasteiger partial charge in [-0.05, 0) is 33.3 Å². The molecule has 228 valence electrons. The topological polar surface area (TPSA) is 113 Å². The number of halogens is 2. The van der Waals surface area contributed by atoms with Crippen molar-refractivity contribution in [2.45, 2.75) is 64.8 Å². The van der Waals surface area contributed by atoms with Crippen LogP contribution in [0.3, 0.4) is 0 Å². The van der Waals surface area contributed by atoms with E-state index < -0.39 is 46.2 Å². The van der Waals surface area contributed by atoms with Gasteiger partial charge in [0.15, 0.2) is 11.4 Å². The fourth-order valence-electron chi connectivity index (χ4n) is 5.12. The maximum Gasteiger partial charge on any atom is 0.410 e. The van der Waals surface area contributed by atoms with Crippen molar-refractivity contribution >= 4 is 17.9 Å². The van der Waals surface area contributed by atoms with Crippen LogP contribution in [0.25, 0.3) is 0 Å². The minimum atomic E-state index is -1.01. The number of carbonyl (C=O) groups excluding carboxylic acids is 3. The van der Waals surface area contributed by atoms with Crippen molar-refractivity contribution in [3.63, 3.8) is 0 Å². The van der Waals surface area contributed by atoms with Crippen LogP contribution in [0.2, 0.25) is 0 Å². The van der Waals surface area contributed by atoms with Gasteiger partial charge in [0.05, 0.1) is 13.2 Å². The van der Waals surface area contributed by atoms with Gasteiger partial charge in [0.25, 0.3) is 11.8 Å². The van der Waals surface area contributed by atoms with Crippen LogP contribution in [0.1, 0.15) is 73.4 Å². The van der Waals surface area contributed by atoms with Crippen molar-refractivity contribution in [3.05, 3.63) is 63.1 Å². The average Bonchev–Trinajstić information content (AvgIpc) is 3.37. The summed E-state index contributed by atoms with van der Waals surface area (Å²) in [6, 6.07) is 2.97. The highest BCUT2D eigenvalue weighted by atomic mass is 19.1. The number of unbranched alkanes of at least 4 members (excludes halogenated alkanes) is 1. The molecule has 1 unspecified atom stereocenters. The fourth-order valence-corrected chi connectivity index (χ4v) is 5.12. The molecule has 0 aliphatic carbocycles. The Labute approximate surface area is 242 Å². The molecule has 1 fully saturated rings. The number of pyridine rings is 1. The Kier molecular flexibility index (Phi) is 8.51. The number of rotatable bonds is 7. The lowest BCUT2D eigenvalue weighted by Gasteiger charge is -2.51. The molecule has 1 aromatic carbocycles. The monoisotopic (exact) mass is 589 g/mol. The van der Waals surface area contributed by atoms with Crippen LogP contribution in [0.5, 0.6) is 5.75 Å². The molecule has 1 aromatic heterocycles. The minimum Gasteiger partial charge on any atom is -0.487 e. The summed E-state index contributed by atoms with van der Waals surface area (Å²) in [5.74, 6) is -3.21. The summed E-state index contributed by atoms with van der Waals surface area (Å²) in [5, 5.41) is 4.21. The molecule has 2 aromatic rings. The van der Waals surface area contributed by atoms with Crippen LogP contribution in [0.4, 0.5) is 13.6 Å². The van der Waals surface area contributed by atoms with Gasteiger partial charge in [0.2, 0.25) is 5.43 Å². The summed E-state index contributed by atoms with van der Waals surface area (Å²) in [6.07, 6.45) is 2.48. The summed E-state index contributed by atoms with van der Waals surface area (Å²) in [5.41, 5.74) is -2.85. The Morgan fingerprint density at radius 2 is 1.86 bits per heavy atom. The highest BCUT2D eigenvalue weighted by molar-refractivity contribution is 6.00. The SMILES string of the molecule is CCCCOc1c2n(cc(C(=O)NCc3ccc(F)cc3F)c1=O)N(C)C1(CCN(C(=O)OC(C)(C)C)C1)N(C)C2=O. The predicted molar refractivity (Wildman–Crippen MR) is 150 cm³/mol. The Hall–Kier alpha value is -4.16. The quantitative estimate of drug-likeness (QED) is 0.494. The Balaban J connectivity index is 1.73. The lowest BCUT2D eigenvalue weighted by atomic mass is 10.0. The second-order valence-electron chi connectivity index (χ2n) is 11.5. The van der Waals surface area contributed by atoms with Crippen LogP contribution in [-0.2, 0) is 11.3 Å². The minimum absolute atomic E-state index is 0.0308. The fraction of sp³-hybridized carbons (Fsp3) is 0.517. The van der Waals surface area contributed by atoms with Gasteiger partial charge in [0, 0.05) is 51.4 Å². The van der Waals surface area contributed by atoms with Crippen LogP contribution in [-0.4, -0.2) is 77.4 Å². The van der Waals surface area contributed by atoms with Crippen molar-refractivity contribution in [1.82, 2.24) is 19.8 Å². The molecule has 1 N–H and O–H groups in total. The maximum absolute atomic E-state index is 14.2. The lowest BCUT2D eigenvalue weighted by molar-refractivity contribution is 0.0200. The molecule has 2 aliphatic rings. The zero-order chi connectivity index (χ0) is 31.0. The number of hydrogen-bond donors (Lipinski definition) is 1. The number of nitrogens with one attached hydrogen (secondary N) is 1. The van der Waals surface area contributed by atoms with Crippen LogP contribution < -0.4 is 20.5 Å². The molecule has 0 bridgehead atoms. The van der Waals surface area contributed by atoms with Crippen molar-refractivity contribution in [2.24, 2.45) is 0 Å². The molecule has 3 amide bonds. The number of benzene rings is 1. The first-order chi connectivity index (χ1) is 19.7. The lowest BCUT2D eigenvalue weighted by Crippen LogP contribution is -2.69. The predicted octanol–water partition coefficient (Wildman–Crippen LogP) is 3.23. The number of amides is 3. The first-order valence-electron chi connectivity index (χ1n) is 13.8. The van der Waals surface area contributed by atoms with Crippen LogP contribution >= 0.6 is 0 Å². The molecule has 11 nitrogen and oxygen atoms in total. The van der Waals surface area contributed by atoms with E-state index in [1.807, 2.05) is 6.92 Å². The average molecular weight is 590 g/mol. The maximum atomic E-state index is 14.2. The van der Waals surface area contributed by atoms with Gasteiger partial charge < -0.3 is 24.6 Å². The summed E-state index contributed by atoms with van der Waals surface area (Å²) < 4.78 is 40.2. The molecule has 0 saturated carbocycles. The number of likely N-dealkylation sites (tertiary alicyclic amines) is 1. The van der Waals surface area contributed by atoms with Gasteiger partial charge >= 0.3 is 6.09 Å². The molecule has 2 aliphatic heterocycles. The number of ether oxygens (including phenoxy) is 2. The zero-order valence-electron chi connectivity index (χ0n) is 24.8. The third kappa shape index (κ3) is 5.77. The van der Waals surface area contributed by atoms with Gasteiger partial charge in [0.1, 0.15) is 28.5 Å². The molecular formula is C29H37F2N5O6. The smallest absolute Gasteiger partial charge is 0.410 e. The first kappa shape index (κ1) is 30.8. The zero-order valence-corrected chi connectivity index (χ0v) is 24.8. The molecular weight excluding hydrogens is 552 g/mol. The van der Waals surface area contributed by atoms with Gasteiger partial charge in [-0.1, -0.05) is 19.4 Å². The van der Waals surface area contributed by atoms with Gasteiger partial charge in [-0.3, -0.25) is 24.1 Å². The third-order valence-corrected chi connectivity index (χ3v) is 7.52. The first-order valence-corrected chi connectivity index (χ1v) is 13.8. The van der Waals surface area contributed by atoms with E-state index in [4.69, 9.17) is 9.47 Å². The molecule has 13 heteroatoms. The summed E-state index contributed by atoms with van der Waals surface area (Å²) in [4.78, 5) is 56.5. The van der Waals surface area contributed by atoms with E-state index >= 15 is 0 Å². The van der Waals surface area contributed by atoms with Gasteiger partial charge in [-0.2, -0.15) is 0 Å². The Morgan fingerprint density at radius 1 is 1.14 bits per heavy atom. The largest absolute Gasteiger partial charge is 0.487 e. The second-order valence-corrected chi connectivity index (χ2v) is 11.5. The van der Waals surface area contributed by atoms with Crippen molar-refractivity contribution in [1.29, 1.82) is 0 Å². The van der Waals surface area contributed by atoms with E-state index in [1.54, 1.807) is 39.9 Å². The van der Waals surface area contributed by atoms with E-state index in [9.17, 15) is 28.0 Å². The second kappa shape index (κ2) is 11.6. The number of likely N-dealkylation sites (N-methyl/N-ethyl adjacent to an activating group) is 2. The third-order valence-electron chi connectivity index (χ3n) is 7.52. The molecule has 0 radical (unpaired) electrons. The van der Waals surface area contributed by atoms with Gasteiger partial charge in [-0.25, -0.2) is 13.6 Å². The summed E-state index contributed by atoms with van der Waals surface area (Å²) in [6.45, 7) is 7.51. The Morgan fingerprint density at radius 3 is 2.50 bits per heavy atom. The highest BCUT2D eigenvalue weighted by Gasteiger charge is 2.53. The van der Waals surface area contributed by atoms with E-state index in [-0.39, 0.29) is 42.3 Å². The van der Waals surface area contributed by atoms with Crippen molar-refractivity contribution < 1.29 is 32.6 Å². The van der Waals surface area contributed by atoms with Crippen molar-refractivity contribution in [2.75, 3.05) is 38.8 Å². The molecule has 1 atom stereocenters. The number of carbonyl (C=O) groups is 3. The van der Waals surface area contributed by atoms with Crippen LogP contribution in [0, 0.1) is 11.6 Å². The molecule has 1 spiro atoms. The normalized spacial score (nSPS) is 18.4. The molecule has 42 heavy (non-hydrogen) atoms. The number of aromatic nitrogens is 1. The number of hydrogen-bond acceptors (Lipinski definition) is 7. The van der Waals surface area contributed by atoms with Crippen LogP contribution in [0.15, 0.2) is 29.2 Å². The summed E-state index contributed by atoms with van der Waals surface area (Å²) >= 11 is 0. The van der Waals surface area contributed by atoms with Gasteiger partial charge in [-0.15, -0.1) is 0 Å². The highest BCUT2D eigenvalue weighted by Crippen LogP contribution is 2.36. The molecule has 4 rings (SSSR count). The molecule has 3 heterocycles.